The SMILES string of the molecule is [CH2]CC[C@H](OC)C(OCc1ccccc1)C(=N)NO. The Morgan fingerprint density at radius 3 is 2.63 bits per heavy atom. The lowest BCUT2D eigenvalue weighted by molar-refractivity contribution is -0.0376. The van der Waals surface area contributed by atoms with Crippen molar-refractivity contribution in [3.63, 3.8) is 0 Å². The molecule has 1 aromatic carbocycles. The summed E-state index contributed by atoms with van der Waals surface area (Å²) in [6.45, 7) is 4.12. The Bertz CT molecular complexity index is 370. The first kappa shape index (κ1) is 15.6. The summed E-state index contributed by atoms with van der Waals surface area (Å²) in [7, 11) is 1.56. The van der Waals surface area contributed by atoms with E-state index in [1.165, 1.54) is 0 Å². The number of hydroxylamine groups is 1. The highest BCUT2D eigenvalue weighted by Crippen LogP contribution is 2.13. The van der Waals surface area contributed by atoms with E-state index in [1.54, 1.807) is 7.11 Å². The zero-order valence-corrected chi connectivity index (χ0v) is 11.1. The van der Waals surface area contributed by atoms with Crippen molar-refractivity contribution in [3.05, 3.63) is 42.8 Å². The molecule has 1 rings (SSSR count). The predicted molar refractivity (Wildman–Crippen MR) is 73.1 cm³/mol. The van der Waals surface area contributed by atoms with Gasteiger partial charge in [0.25, 0.3) is 0 Å². The summed E-state index contributed by atoms with van der Waals surface area (Å²) in [4.78, 5) is 0. The van der Waals surface area contributed by atoms with Gasteiger partial charge in [0.15, 0.2) is 0 Å². The van der Waals surface area contributed by atoms with Crippen molar-refractivity contribution in [2.24, 2.45) is 0 Å². The van der Waals surface area contributed by atoms with Crippen molar-refractivity contribution in [1.29, 1.82) is 5.41 Å². The van der Waals surface area contributed by atoms with E-state index in [0.29, 0.717) is 19.4 Å². The first-order valence-corrected chi connectivity index (χ1v) is 6.19. The molecule has 0 heterocycles. The van der Waals surface area contributed by atoms with Crippen LogP contribution in [-0.4, -0.2) is 30.4 Å². The monoisotopic (exact) mass is 265 g/mol. The quantitative estimate of drug-likeness (QED) is 0.382. The molecule has 1 radical (unpaired) electrons. The second kappa shape index (κ2) is 8.63. The molecule has 0 aromatic heterocycles. The van der Waals surface area contributed by atoms with Crippen LogP contribution in [0.15, 0.2) is 30.3 Å². The van der Waals surface area contributed by atoms with Gasteiger partial charge in [-0.1, -0.05) is 43.7 Å². The third-order valence-corrected chi connectivity index (χ3v) is 2.81. The number of nitrogens with one attached hydrogen (secondary N) is 2. The normalized spacial score (nSPS) is 13.8. The topological polar surface area (TPSA) is 74.6 Å². The van der Waals surface area contributed by atoms with Gasteiger partial charge in [-0.2, -0.15) is 0 Å². The Morgan fingerprint density at radius 2 is 2.11 bits per heavy atom. The maximum absolute atomic E-state index is 8.89. The molecular formula is C14H21N2O3. The highest BCUT2D eigenvalue weighted by Gasteiger charge is 2.25. The third kappa shape index (κ3) is 4.98. The lowest BCUT2D eigenvalue weighted by atomic mass is 10.1. The van der Waals surface area contributed by atoms with Gasteiger partial charge in [0.2, 0.25) is 0 Å². The van der Waals surface area contributed by atoms with Crippen LogP contribution >= 0.6 is 0 Å². The molecule has 0 bridgehead atoms. The molecule has 0 aliphatic rings. The van der Waals surface area contributed by atoms with Crippen LogP contribution in [0.2, 0.25) is 0 Å². The van der Waals surface area contributed by atoms with Crippen molar-refractivity contribution < 1.29 is 14.7 Å². The predicted octanol–water partition coefficient (Wildman–Crippen LogP) is 2.16. The fraction of sp³-hybridized carbons (Fsp3) is 0.429. The van der Waals surface area contributed by atoms with E-state index in [0.717, 1.165) is 5.56 Å². The average molecular weight is 265 g/mol. The number of hydrogen-bond donors (Lipinski definition) is 3. The van der Waals surface area contributed by atoms with Crippen LogP contribution in [0.4, 0.5) is 0 Å². The third-order valence-electron chi connectivity index (χ3n) is 2.81. The van der Waals surface area contributed by atoms with E-state index in [-0.39, 0.29) is 11.9 Å². The summed E-state index contributed by atoms with van der Waals surface area (Å²) >= 11 is 0. The Labute approximate surface area is 114 Å². The second-order valence-electron chi connectivity index (χ2n) is 4.16. The van der Waals surface area contributed by atoms with Gasteiger partial charge in [0, 0.05) is 7.11 Å². The highest BCUT2D eigenvalue weighted by atomic mass is 16.5. The molecule has 0 saturated carbocycles. The molecule has 0 spiro atoms. The molecule has 2 atom stereocenters. The first-order chi connectivity index (χ1) is 9.22. The Kier molecular flexibility index (Phi) is 7.10. The van der Waals surface area contributed by atoms with Crippen molar-refractivity contribution in [2.45, 2.75) is 31.7 Å². The molecule has 1 unspecified atom stereocenters. The largest absolute Gasteiger partial charge is 0.378 e. The number of methoxy groups -OCH3 is 1. The fourth-order valence-corrected chi connectivity index (χ4v) is 1.79. The number of amidine groups is 1. The van der Waals surface area contributed by atoms with Gasteiger partial charge in [-0.3, -0.25) is 16.1 Å². The number of ether oxygens (including phenoxy) is 2. The van der Waals surface area contributed by atoms with Crippen LogP contribution in [0.3, 0.4) is 0 Å². The molecule has 0 aliphatic heterocycles. The molecule has 1 aromatic rings. The number of hydrogen-bond acceptors (Lipinski definition) is 4. The van der Waals surface area contributed by atoms with Crippen molar-refractivity contribution in [1.82, 2.24) is 5.48 Å². The fourth-order valence-electron chi connectivity index (χ4n) is 1.79. The van der Waals surface area contributed by atoms with E-state index in [9.17, 15) is 0 Å². The number of rotatable bonds is 8. The van der Waals surface area contributed by atoms with Gasteiger partial charge in [-0.15, -0.1) is 0 Å². The van der Waals surface area contributed by atoms with Crippen LogP contribution in [0.5, 0.6) is 0 Å². The molecular weight excluding hydrogens is 244 g/mol. The van der Waals surface area contributed by atoms with E-state index in [4.69, 9.17) is 20.1 Å². The Morgan fingerprint density at radius 1 is 1.42 bits per heavy atom. The zero-order valence-electron chi connectivity index (χ0n) is 11.1. The summed E-state index contributed by atoms with van der Waals surface area (Å²) in [6, 6.07) is 9.66. The maximum Gasteiger partial charge on any atom is 0.150 e. The highest BCUT2D eigenvalue weighted by molar-refractivity contribution is 5.83. The van der Waals surface area contributed by atoms with E-state index in [1.807, 2.05) is 35.8 Å². The summed E-state index contributed by atoms with van der Waals surface area (Å²) in [6.07, 6.45) is 0.368. The molecule has 5 nitrogen and oxygen atoms in total. The minimum absolute atomic E-state index is 0.115. The van der Waals surface area contributed by atoms with Crippen molar-refractivity contribution in [3.8, 4) is 0 Å². The van der Waals surface area contributed by atoms with Gasteiger partial charge in [-0.05, 0) is 12.0 Å². The first-order valence-electron chi connectivity index (χ1n) is 6.19. The lowest BCUT2D eigenvalue weighted by Gasteiger charge is -2.26. The zero-order chi connectivity index (χ0) is 14.1. The minimum Gasteiger partial charge on any atom is -0.378 e. The van der Waals surface area contributed by atoms with Gasteiger partial charge in [0.05, 0.1) is 12.7 Å². The smallest absolute Gasteiger partial charge is 0.150 e. The summed E-state index contributed by atoms with van der Waals surface area (Å²) < 4.78 is 11.0. The molecule has 0 amide bonds. The van der Waals surface area contributed by atoms with E-state index in [2.05, 4.69) is 6.92 Å². The maximum atomic E-state index is 8.89. The van der Waals surface area contributed by atoms with Crippen LogP contribution in [0.1, 0.15) is 18.4 Å². The minimum atomic E-state index is -0.642. The van der Waals surface area contributed by atoms with E-state index >= 15 is 0 Å². The van der Waals surface area contributed by atoms with Gasteiger partial charge in [-0.25, -0.2) is 0 Å². The summed E-state index contributed by atoms with van der Waals surface area (Å²) in [5, 5.41) is 16.6. The van der Waals surface area contributed by atoms with Crippen molar-refractivity contribution >= 4 is 5.84 Å². The van der Waals surface area contributed by atoms with Crippen LogP contribution < -0.4 is 5.48 Å². The summed E-state index contributed by atoms with van der Waals surface area (Å²) in [5.41, 5.74) is 2.83. The van der Waals surface area contributed by atoms with Crippen LogP contribution in [-0.2, 0) is 16.1 Å². The van der Waals surface area contributed by atoms with Crippen molar-refractivity contribution in [2.75, 3.05) is 7.11 Å². The van der Waals surface area contributed by atoms with Gasteiger partial charge in [0.1, 0.15) is 11.9 Å². The van der Waals surface area contributed by atoms with Gasteiger partial charge >= 0.3 is 0 Å². The van der Waals surface area contributed by atoms with Crippen LogP contribution in [0.25, 0.3) is 0 Å². The number of benzene rings is 1. The molecule has 5 heteroatoms. The standard InChI is InChI=1S/C14H21N2O3/c1-3-7-12(18-2)13(14(15)16-17)19-10-11-8-5-4-6-9-11/h4-6,8-9,12-13,17H,1,3,7,10H2,2H3,(H2,15,16)/t12-,13?/m0/s1. The Balaban J connectivity index is 2.66. The summed E-state index contributed by atoms with van der Waals surface area (Å²) in [5.74, 6) is -0.115. The molecule has 105 valence electrons. The molecule has 19 heavy (non-hydrogen) atoms. The molecule has 0 aliphatic carbocycles. The van der Waals surface area contributed by atoms with Gasteiger partial charge < -0.3 is 9.47 Å². The Hall–Kier alpha value is -1.43. The molecule has 3 N–H and O–H groups in total. The molecule has 0 saturated heterocycles. The van der Waals surface area contributed by atoms with Crippen LogP contribution in [0, 0.1) is 12.3 Å². The second-order valence-corrected chi connectivity index (χ2v) is 4.16. The van der Waals surface area contributed by atoms with E-state index < -0.39 is 6.10 Å². The molecule has 0 fully saturated rings. The average Bonchev–Trinajstić information content (AvgIpc) is 2.46. The lowest BCUT2D eigenvalue weighted by Crippen LogP contribution is -2.43.